The molecule has 1 heterocycles. The molecule has 0 bridgehead atoms. The lowest BCUT2D eigenvalue weighted by atomic mass is 9.77. The van der Waals surface area contributed by atoms with Crippen molar-refractivity contribution in [2.75, 3.05) is 6.54 Å². The van der Waals surface area contributed by atoms with Gasteiger partial charge in [0.1, 0.15) is 0 Å². The summed E-state index contributed by atoms with van der Waals surface area (Å²) in [6.07, 6.45) is 8.82. The van der Waals surface area contributed by atoms with Gasteiger partial charge in [-0.25, -0.2) is 0 Å². The summed E-state index contributed by atoms with van der Waals surface area (Å²) < 4.78 is 0. The molecule has 21 heavy (non-hydrogen) atoms. The number of hydrogen-bond acceptors (Lipinski definition) is 2. The highest BCUT2D eigenvalue weighted by Crippen LogP contribution is 2.40. The number of nitrogens with two attached hydrogens (primary N) is 1. The van der Waals surface area contributed by atoms with Crippen LogP contribution >= 0.6 is 0 Å². The molecule has 0 spiro atoms. The molecule has 3 heteroatoms. The maximum atomic E-state index is 7.78. The van der Waals surface area contributed by atoms with Gasteiger partial charge in [0.2, 0.25) is 0 Å². The Hall–Kier alpha value is -1.35. The summed E-state index contributed by atoms with van der Waals surface area (Å²) in [5.74, 6) is 1.17. The molecule has 0 amide bonds. The fraction of sp³-hybridized carbons (Fsp3) is 0.611. The van der Waals surface area contributed by atoms with Crippen LogP contribution in [0.4, 0.5) is 0 Å². The Kier molecular flexibility index (Phi) is 4.59. The van der Waals surface area contributed by atoms with E-state index in [1.807, 2.05) is 0 Å². The molecular formula is C18H27N3. The van der Waals surface area contributed by atoms with Gasteiger partial charge in [0.15, 0.2) is 0 Å². The van der Waals surface area contributed by atoms with Crippen LogP contribution in [0.25, 0.3) is 0 Å². The fourth-order valence-corrected chi connectivity index (χ4v) is 4.36. The third-order valence-electron chi connectivity index (χ3n) is 5.28. The predicted octanol–water partition coefficient (Wildman–Crippen LogP) is 3.71. The van der Waals surface area contributed by atoms with Crippen LogP contribution in [-0.2, 0) is 0 Å². The Bertz CT molecular complexity index is 469. The Morgan fingerprint density at radius 2 is 1.86 bits per heavy atom. The van der Waals surface area contributed by atoms with Crippen LogP contribution in [-0.4, -0.2) is 23.3 Å². The smallest absolute Gasteiger partial charge is 0.0924 e. The van der Waals surface area contributed by atoms with Crippen molar-refractivity contribution in [3.63, 3.8) is 0 Å². The molecule has 0 aromatic heterocycles. The van der Waals surface area contributed by atoms with Crippen molar-refractivity contribution in [2.45, 2.75) is 57.0 Å². The summed E-state index contributed by atoms with van der Waals surface area (Å²) in [7, 11) is 0. The standard InChI is InChI=1S/C18H27N3/c19-18(20)13-17(15-7-2-1-3-8-15)21-12-6-10-14-9-4-5-11-16(14)21/h1-3,7-8,14,16-17H,4-6,9-13H2,(H3,19,20). The molecule has 3 nitrogen and oxygen atoms in total. The van der Waals surface area contributed by atoms with Gasteiger partial charge in [-0.1, -0.05) is 43.2 Å². The minimum Gasteiger partial charge on any atom is -0.388 e. The molecular weight excluding hydrogens is 258 g/mol. The number of hydrogen-bond donors (Lipinski definition) is 2. The summed E-state index contributed by atoms with van der Waals surface area (Å²) in [6.45, 7) is 1.16. The molecule has 3 rings (SSSR count). The minimum absolute atomic E-state index is 0.287. The Labute approximate surface area is 128 Å². The van der Waals surface area contributed by atoms with Crippen LogP contribution in [0.1, 0.15) is 56.6 Å². The molecule has 3 atom stereocenters. The average molecular weight is 285 g/mol. The largest absolute Gasteiger partial charge is 0.388 e. The third-order valence-corrected chi connectivity index (χ3v) is 5.28. The number of amidine groups is 1. The van der Waals surface area contributed by atoms with Crippen LogP contribution in [0.5, 0.6) is 0 Å². The molecule has 3 unspecified atom stereocenters. The van der Waals surface area contributed by atoms with Crippen LogP contribution in [0, 0.1) is 11.3 Å². The summed E-state index contributed by atoms with van der Waals surface area (Å²) in [5, 5.41) is 7.78. The van der Waals surface area contributed by atoms with E-state index in [2.05, 4.69) is 35.2 Å². The monoisotopic (exact) mass is 285 g/mol. The second-order valence-electron chi connectivity index (χ2n) is 6.65. The Morgan fingerprint density at radius 3 is 2.62 bits per heavy atom. The molecule has 1 aromatic carbocycles. The van der Waals surface area contributed by atoms with E-state index < -0.39 is 0 Å². The van der Waals surface area contributed by atoms with Gasteiger partial charge in [-0.05, 0) is 43.7 Å². The molecule has 1 aromatic rings. The van der Waals surface area contributed by atoms with Gasteiger partial charge in [0.05, 0.1) is 5.84 Å². The second kappa shape index (κ2) is 6.61. The molecule has 1 aliphatic carbocycles. The topological polar surface area (TPSA) is 53.1 Å². The molecule has 1 aliphatic heterocycles. The SMILES string of the molecule is N=C(N)CC(c1ccccc1)N1CCCC2CCCCC21. The third kappa shape index (κ3) is 3.29. The molecule has 2 aliphatic rings. The summed E-state index contributed by atoms with van der Waals surface area (Å²) >= 11 is 0. The first-order valence-corrected chi connectivity index (χ1v) is 8.39. The van der Waals surface area contributed by atoms with Gasteiger partial charge in [-0.2, -0.15) is 0 Å². The quantitative estimate of drug-likeness (QED) is 0.654. The van der Waals surface area contributed by atoms with Crippen LogP contribution < -0.4 is 5.73 Å². The van der Waals surface area contributed by atoms with E-state index in [1.54, 1.807) is 0 Å². The van der Waals surface area contributed by atoms with Gasteiger partial charge >= 0.3 is 0 Å². The van der Waals surface area contributed by atoms with E-state index in [0.29, 0.717) is 18.3 Å². The maximum absolute atomic E-state index is 7.78. The first-order chi connectivity index (χ1) is 10.3. The van der Waals surface area contributed by atoms with Gasteiger partial charge in [0.25, 0.3) is 0 Å². The molecule has 1 saturated heterocycles. The maximum Gasteiger partial charge on any atom is 0.0924 e. The van der Waals surface area contributed by atoms with Crippen molar-refractivity contribution in [3.05, 3.63) is 35.9 Å². The second-order valence-corrected chi connectivity index (χ2v) is 6.65. The van der Waals surface area contributed by atoms with E-state index in [9.17, 15) is 0 Å². The zero-order valence-corrected chi connectivity index (χ0v) is 12.8. The van der Waals surface area contributed by atoms with E-state index in [0.717, 1.165) is 12.5 Å². The number of nitrogens with one attached hydrogen (secondary N) is 1. The van der Waals surface area contributed by atoms with E-state index in [-0.39, 0.29) is 6.04 Å². The molecule has 2 fully saturated rings. The number of benzene rings is 1. The molecule has 114 valence electrons. The minimum atomic E-state index is 0.287. The molecule has 0 radical (unpaired) electrons. The Balaban J connectivity index is 1.86. The van der Waals surface area contributed by atoms with E-state index in [1.165, 1.54) is 44.1 Å². The lowest BCUT2D eigenvalue weighted by Crippen LogP contribution is -2.49. The van der Waals surface area contributed by atoms with Crippen LogP contribution in [0.15, 0.2) is 30.3 Å². The Morgan fingerprint density at radius 1 is 1.14 bits per heavy atom. The lowest BCUT2D eigenvalue weighted by molar-refractivity contribution is 0.0269. The van der Waals surface area contributed by atoms with Crippen molar-refractivity contribution >= 4 is 5.84 Å². The summed E-state index contributed by atoms with van der Waals surface area (Å²) in [4.78, 5) is 2.67. The first-order valence-electron chi connectivity index (χ1n) is 8.39. The highest BCUT2D eigenvalue weighted by Gasteiger charge is 2.37. The zero-order valence-electron chi connectivity index (χ0n) is 12.8. The van der Waals surface area contributed by atoms with Gasteiger partial charge in [-0.3, -0.25) is 10.3 Å². The summed E-state index contributed by atoms with van der Waals surface area (Å²) in [5.41, 5.74) is 7.08. The number of rotatable bonds is 4. The predicted molar refractivity (Wildman–Crippen MR) is 87.4 cm³/mol. The fourth-order valence-electron chi connectivity index (χ4n) is 4.36. The summed E-state index contributed by atoms with van der Waals surface area (Å²) in [6, 6.07) is 11.6. The van der Waals surface area contributed by atoms with Crippen molar-refractivity contribution in [1.29, 1.82) is 5.41 Å². The normalized spacial score (nSPS) is 27.8. The number of nitrogens with zero attached hydrogens (tertiary/aromatic N) is 1. The number of likely N-dealkylation sites (tertiary alicyclic amines) is 1. The zero-order chi connectivity index (χ0) is 14.7. The molecule has 1 saturated carbocycles. The van der Waals surface area contributed by atoms with Crippen molar-refractivity contribution in [2.24, 2.45) is 11.7 Å². The van der Waals surface area contributed by atoms with Gasteiger partial charge < -0.3 is 5.73 Å². The average Bonchev–Trinajstić information content (AvgIpc) is 2.53. The van der Waals surface area contributed by atoms with Crippen LogP contribution in [0.2, 0.25) is 0 Å². The first kappa shape index (κ1) is 14.6. The highest BCUT2D eigenvalue weighted by atomic mass is 15.2. The van der Waals surface area contributed by atoms with Gasteiger partial charge in [0, 0.05) is 18.5 Å². The van der Waals surface area contributed by atoms with E-state index >= 15 is 0 Å². The van der Waals surface area contributed by atoms with E-state index in [4.69, 9.17) is 11.1 Å². The number of fused-ring (bicyclic) bond motifs is 1. The van der Waals surface area contributed by atoms with Crippen molar-refractivity contribution < 1.29 is 0 Å². The number of piperidine rings is 1. The van der Waals surface area contributed by atoms with Crippen LogP contribution in [0.3, 0.4) is 0 Å². The highest BCUT2D eigenvalue weighted by molar-refractivity contribution is 5.77. The van der Waals surface area contributed by atoms with Crippen molar-refractivity contribution in [3.8, 4) is 0 Å². The lowest BCUT2D eigenvalue weighted by Gasteiger charge is -2.47. The van der Waals surface area contributed by atoms with Gasteiger partial charge in [-0.15, -0.1) is 0 Å². The molecule has 3 N–H and O–H groups in total. The van der Waals surface area contributed by atoms with Crippen molar-refractivity contribution in [1.82, 2.24) is 4.90 Å².